The number of pyridine rings is 1. The molecule has 0 saturated heterocycles. The van der Waals surface area contributed by atoms with Crippen molar-refractivity contribution in [2.24, 2.45) is 7.05 Å². The Kier molecular flexibility index (Phi) is 6.99. The van der Waals surface area contributed by atoms with E-state index in [1.54, 1.807) is 20.8 Å². The van der Waals surface area contributed by atoms with Crippen LogP contribution in [0.15, 0.2) is 18.2 Å². The third kappa shape index (κ3) is 5.05. The second-order valence-electron chi connectivity index (χ2n) is 8.07. The largest absolute Gasteiger partial charge is 0.486 e. The number of ether oxygens (including phenoxy) is 1. The van der Waals surface area contributed by atoms with Gasteiger partial charge in [-0.2, -0.15) is 5.10 Å². The topological polar surface area (TPSA) is 118 Å². The van der Waals surface area contributed by atoms with Crippen molar-refractivity contribution in [2.75, 3.05) is 6.54 Å². The highest BCUT2D eigenvalue weighted by Gasteiger charge is 2.27. The molecule has 182 valence electrons. The van der Waals surface area contributed by atoms with Gasteiger partial charge in [-0.1, -0.05) is 6.92 Å². The number of nitrogens with zero attached hydrogens (tertiary/aromatic N) is 3. The van der Waals surface area contributed by atoms with E-state index in [2.05, 4.69) is 20.7 Å². The summed E-state index contributed by atoms with van der Waals surface area (Å²) in [6, 6.07) is 2.97. The van der Waals surface area contributed by atoms with E-state index in [1.807, 2.05) is 0 Å². The maximum Gasteiger partial charge on any atom is 0.405 e. The lowest BCUT2D eigenvalue weighted by Gasteiger charge is -2.28. The fourth-order valence-corrected chi connectivity index (χ4v) is 3.34. The van der Waals surface area contributed by atoms with Crippen LogP contribution in [-0.4, -0.2) is 44.0 Å². The Morgan fingerprint density at radius 1 is 1.21 bits per heavy atom. The number of halogens is 3. The highest BCUT2D eigenvalue weighted by molar-refractivity contribution is 6.04. The van der Waals surface area contributed by atoms with E-state index in [0.717, 1.165) is 6.07 Å². The minimum Gasteiger partial charge on any atom is -0.486 e. The SMILES string of the molecule is CCC(C)(CNC(=O)c1c2nc(C)cc(OCc3c(F)ccc(F)c3F)c2nn1C)NC(=O)O. The summed E-state index contributed by atoms with van der Waals surface area (Å²) in [6.07, 6.45) is -0.788. The average molecular weight is 479 g/mol. The normalized spacial score (nSPS) is 12.9. The highest BCUT2D eigenvalue weighted by atomic mass is 19.2. The summed E-state index contributed by atoms with van der Waals surface area (Å²) in [4.78, 5) is 28.3. The zero-order chi connectivity index (χ0) is 25.2. The van der Waals surface area contributed by atoms with Crippen molar-refractivity contribution in [3.05, 3.63) is 52.6 Å². The number of benzene rings is 1. The van der Waals surface area contributed by atoms with Gasteiger partial charge in [0.15, 0.2) is 28.6 Å². The summed E-state index contributed by atoms with van der Waals surface area (Å²) in [5.74, 6) is -3.97. The number of hydrogen-bond donors (Lipinski definition) is 3. The fourth-order valence-electron chi connectivity index (χ4n) is 3.34. The quantitative estimate of drug-likeness (QED) is 0.426. The lowest BCUT2D eigenvalue weighted by molar-refractivity contribution is 0.0929. The number of carboxylic acid groups (broad SMARTS) is 1. The molecule has 3 N–H and O–H groups in total. The number of carbonyl (C=O) groups is 2. The molecule has 0 aliphatic rings. The lowest BCUT2D eigenvalue weighted by atomic mass is 9.99. The summed E-state index contributed by atoms with van der Waals surface area (Å²) in [6.45, 7) is 4.47. The predicted molar refractivity (Wildman–Crippen MR) is 116 cm³/mol. The van der Waals surface area contributed by atoms with E-state index >= 15 is 0 Å². The van der Waals surface area contributed by atoms with Gasteiger partial charge >= 0.3 is 6.09 Å². The van der Waals surface area contributed by atoms with Crippen LogP contribution < -0.4 is 15.4 Å². The Bertz CT molecular complexity index is 1260. The second-order valence-corrected chi connectivity index (χ2v) is 8.07. The molecule has 1 unspecified atom stereocenters. The van der Waals surface area contributed by atoms with Gasteiger partial charge in [-0.05, 0) is 32.4 Å². The van der Waals surface area contributed by atoms with Crippen molar-refractivity contribution >= 4 is 23.0 Å². The number of carbonyl (C=O) groups excluding carboxylic acids is 1. The van der Waals surface area contributed by atoms with Crippen molar-refractivity contribution in [1.82, 2.24) is 25.4 Å². The Morgan fingerprint density at radius 3 is 2.53 bits per heavy atom. The number of rotatable bonds is 8. The van der Waals surface area contributed by atoms with Gasteiger partial charge in [0, 0.05) is 25.4 Å². The molecule has 0 fully saturated rings. The maximum absolute atomic E-state index is 14.0. The monoisotopic (exact) mass is 479 g/mol. The molecule has 9 nitrogen and oxygen atoms in total. The molecule has 0 aliphatic heterocycles. The molecule has 2 amide bonds. The van der Waals surface area contributed by atoms with Crippen LogP contribution in [0, 0.1) is 24.4 Å². The zero-order valence-electron chi connectivity index (χ0n) is 19.0. The van der Waals surface area contributed by atoms with Crippen LogP contribution >= 0.6 is 0 Å². The molecule has 34 heavy (non-hydrogen) atoms. The summed E-state index contributed by atoms with van der Waals surface area (Å²) in [7, 11) is 1.51. The van der Waals surface area contributed by atoms with Crippen LogP contribution in [0.2, 0.25) is 0 Å². The van der Waals surface area contributed by atoms with Gasteiger partial charge in [0.05, 0.1) is 11.1 Å². The number of amides is 2. The summed E-state index contributed by atoms with van der Waals surface area (Å²) >= 11 is 0. The van der Waals surface area contributed by atoms with Gasteiger partial charge in [0.25, 0.3) is 5.91 Å². The van der Waals surface area contributed by atoms with Crippen molar-refractivity contribution in [1.29, 1.82) is 0 Å². The first-order valence-corrected chi connectivity index (χ1v) is 10.3. The molecule has 3 rings (SSSR count). The first kappa shape index (κ1) is 24.8. The molecule has 0 saturated carbocycles. The molecular formula is C22H24F3N5O4. The molecule has 3 aromatic rings. The first-order chi connectivity index (χ1) is 16.0. The lowest BCUT2D eigenvalue weighted by Crippen LogP contribution is -2.53. The Labute approximate surface area is 192 Å². The molecule has 2 heterocycles. The number of aromatic nitrogens is 3. The Balaban J connectivity index is 1.90. The fraction of sp³-hybridized carbons (Fsp3) is 0.364. The molecule has 0 bridgehead atoms. The average Bonchev–Trinajstić information content (AvgIpc) is 3.10. The third-order valence-corrected chi connectivity index (χ3v) is 5.44. The Hall–Kier alpha value is -3.83. The van der Waals surface area contributed by atoms with Gasteiger partial charge in [0.2, 0.25) is 0 Å². The molecule has 0 radical (unpaired) electrons. The van der Waals surface area contributed by atoms with Crippen LogP contribution in [0.5, 0.6) is 5.75 Å². The van der Waals surface area contributed by atoms with Crippen molar-refractivity contribution < 1.29 is 32.6 Å². The summed E-state index contributed by atoms with van der Waals surface area (Å²) in [5, 5.41) is 18.4. The van der Waals surface area contributed by atoms with Crippen LogP contribution in [0.25, 0.3) is 11.0 Å². The van der Waals surface area contributed by atoms with Crippen molar-refractivity contribution in [2.45, 2.75) is 39.3 Å². The first-order valence-electron chi connectivity index (χ1n) is 10.3. The molecule has 0 aliphatic carbocycles. The van der Waals surface area contributed by atoms with E-state index < -0.39 is 47.2 Å². The van der Waals surface area contributed by atoms with Gasteiger partial charge in [-0.25, -0.2) is 22.9 Å². The van der Waals surface area contributed by atoms with Crippen molar-refractivity contribution in [3.63, 3.8) is 0 Å². The summed E-state index contributed by atoms with van der Waals surface area (Å²) < 4.78 is 48.3. The van der Waals surface area contributed by atoms with Crippen LogP contribution in [0.1, 0.15) is 42.0 Å². The minimum absolute atomic E-state index is 0.00854. The number of hydrogen-bond acceptors (Lipinski definition) is 5. The molecule has 1 aromatic carbocycles. The predicted octanol–water partition coefficient (Wildman–Crippen LogP) is 3.44. The smallest absolute Gasteiger partial charge is 0.405 e. The summed E-state index contributed by atoms with van der Waals surface area (Å²) in [5.41, 5.74) is -0.610. The molecule has 0 spiro atoms. The van der Waals surface area contributed by atoms with E-state index in [0.29, 0.717) is 18.2 Å². The Morgan fingerprint density at radius 2 is 1.88 bits per heavy atom. The van der Waals surface area contributed by atoms with E-state index in [1.165, 1.54) is 17.8 Å². The van der Waals surface area contributed by atoms with Crippen LogP contribution in [0.3, 0.4) is 0 Å². The molecule has 2 aromatic heterocycles. The third-order valence-electron chi connectivity index (χ3n) is 5.44. The second kappa shape index (κ2) is 9.57. The van der Waals surface area contributed by atoms with Crippen LogP contribution in [-0.2, 0) is 13.7 Å². The minimum atomic E-state index is -1.35. The number of nitrogens with one attached hydrogen (secondary N) is 2. The number of fused-ring (bicyclic) bond motifs is 1. The molecular weight excluding hydrogens is 455 g/mol. The van der Waals surface area contributed by atoms with Gasteiger partial charge in [-0.3, -0.25) is 9.48 Å². The van der Waals surface area contributed by atoms with Crippen molar-refractivity contribution in [3.8, 4) is 5.75 Å². The molecule has 1 atom stereocenters. The van der Waals surface area contributed by atoms with Gasteiger partial charge in [0.1, 0.15) is 17.9 Å². The highest BCUT2D eigenvalue weighted by Crippen LogP contribution is 2.28. The standard InChI is InChI=1S/C22H24F3N5O4/c1-5-22(3,28-21(32)33)10-26-20(31)19-18-17(29-30(19)4)15(8-11(2)27-18)34-9-12-13(23)6-7-14(24)16(12)25/h6-8,28H,5,9-10H2,1-4H3,(H,26,31)(H,32,33). The van der Waals surface area contributed by atoms with E-state index in [-0.39, 0.29) is 29.0 Å². The van der Waals surface area contributed by atoms with E-state index in [4.69, 9.17) is 9.84 Å². The zero-order valence-corrected chi connectivity index (χ0v) is 19.0. The number of aryl methyl sites for hydroxylation is 2. The van der Waals surface area contributed by atoms with Gasteiger partial charge < -0.3 is 20.5 Å². The van der Waals surface area contributed by atoms with Gasteiger partial charge in [-0.15, -0.1) is 0 Å². The van der Waals surface area contributed by atoms with E-state index in [9.17, 15) is 22.8 Å². The van der Waals surface area contributed by atoms with Crippen LogP contribution in [0.4, 0.5) is 18.0 Å². The molecule has 12 heteroatoms. The maximum atomic E-state index is 14.0.